The third-order valence-corrected chi connectivity index (χ3v) is 5.90. The van der Waals surface area contributed by atoms with Crippen LogP contribution < -0.4 is 0 Å². The molecule has 0 saturated heterocycles. The Hall–Kier alpha value is -0.0400. The highest BCUT2D eigenvalue weighted by molar-refractivity contribution is 5.17. The smallest absolute Gasteiger partial charge is 0.0604 e. The molecule has 0 amide bonds. The van der Waals surface area contributed by atoms with Crippen molar-refractivity contribution >= 4 is 0 Å². The molecule has 1 heteroatoms. The van der Waals surface area contributed by atoms with Crippen molar-refractivity contribution in [1.82, 2.24) is 0 Å². The fourth-order valence-corrected chi connectivity index (χ4v) is 5.65. The van der Waals surface area contributed by atoms with Gasteiger partial charge in [0.05, 0.1) is 6.10 Å². The summed E-state index contributed by atoms with van der Waals surface area (Å²) in [6.45, 7) is 0. The fraction of sp³-hybridized carbons (Fsp3) is 1.00. The highest BCUT2D eigenvalue weighted by atomic mass is 16.3. The maximum absolute atomic E-state index is 10.2. The van der Waals surface area contributed by atoms with Gasteiger partial charge in [0, 0.05) is 5.41 Å². The van der Waals surface area contributed by atoms with E-state index in [1.54, 1.807) is 0 Å². The molecule has 4 fully saturated rings. The van der Waals surface area contributed by atoms with Gasteiger partial charge in [-0.3, -0.25) is 0 Å². The van der Waals surface area contributed by atoms with Crippen molar-refractivity contribution in [3.63, 3.8) is 0 Å². The maximum atomic E-state index is 10.2. The zero-order chi connectivity index (χ0) is 8.63. The Morgan fingerprint density at radius 2 is 2.00 bits per heavy atom. The van der Waals surface area contributed by atoms with Crippen LogP contribution >= 0.6 is 0 Å². The van der Waals surface area contributed by atoms with E-state index in [-0.39, 0.29) is 6.10 Å². The number of aliphatic hydroxyl groups excluding tert-OH is 1. The van der Waals surface area contributed by atoms with Crippen LogP contribution in [0.3, 0.4) is 0 Å². The van der Waals surface area contributed by atoms with Gasteiger partial charge in [-0.1, -0.05) is 0 Å². The van der Waals surface area contributed by atoms with E-state index >= 15 is 0 Å². The molecule has 6 unspecified atom stereocenters. The van der Waals surface area contributed by atoms with E-state index in [0.717, 1.165) is 30.1 Å². The molecule has 4 bridgehead atoms. The first-order valence-electron chi connectivity index (χ1n) is 5.99. The average molecular weight is 178 g/mol. The number of hydrogen-bond donors (Lipinski definition) is 1. The first-order valence-corrected chi connectivity index (χ1v) is 5.99. The predicted molar refractivity (Wildman–Crippen MR) is 50.1 cm³/mol. The molecule has 6 atom stereocenters. The summed E-state index contributed by atoms with van der Waals surface area (Å²) in [7, 11) is 0. The van der Waals surface area contributed by atoms with Crippen molar-refractivity contribution in [3.05, 3.63) is 0 Å². The van der Waals surface area contributed by atoms with Gasteiger partial charge in [0.1, 0.15) is 0 Å². The topological polar surface area (TPSA) is 20.2 Å². The van der Waals surface area contributed by atoms with Crippen LogP contribution in [0, 0.1) is 29.1 Å². The molecule has 4 aliphatic rings. The van der Waals surface area contributed by atoms with Gasteiger partial charge in [-0.25, -0.2) is 0 Å². The Bertz CT molecular complexity index is 262. The molecule has 0 heterocycles. The lowest BCUT2D eigenvalue weighted by atomic mass is 9.65. The van der Waals surface area contributed by atoms with Gasteiger partial charge in [-0.05, 0) is 62.2 Å². The monoisotopic (exact) mass is 178 g/mol. The van der Waals surface area contributed by atoms with E-state index < -0.39 is 0 Å². The second-order valence-corrected chi connectivity index (χ2v) is 6.05. The minimum Gasteiger partial charge on any atom is -0.393 e. The summed E-state index contributed by atoms with van der Waals surface area (Å²) in [6, 6.07) is 0. The van der Waals surface area contributed by atoms with E-state index in [1.165, 1.54) is 32.1 Å². The molecule has 4 rings (SSSR count). The number of fused-ring (bicyclic) bond motifs is 4. The van der Waals surface area contributed by atoms with E-state index in [9.17, 15) is 5.11 Å². The van der Waals surface area contributed by atoms with E-state index in [2.05, 4.69) is 0 Å². The summed E-state index contributed by atoms with van der Waals surface area (Å²) in [5, 5.41) is 10.2. The summed E-state index contributed by atoms with van der Waals surface area (Å²) in [4.78, 5) is 0. The first kappa shape index (κ1) is 7.28. The Morgan fingerprint density at radius 1 is 1.08 bits per heavy atom. The zero-order valence-corrected chi connectivity index (χ0v) is 8.08. The van der Waals surface area contributed by atoms with Crippen LogP contribution in [-0.2, 0) is 0 Å². The van der Waals surface area contributed by atoms with Gasteiger partial charge < -0.3 is 5.11 Å². The number of hydrogen-bond acceptors (Lipinski definition) is 1. The van der Waals surface area contributed by atoms with Gasteiger partial charge >= 0.3 is 0 Å². The molecular formula is C12H18O. The SMILES string of the molecule is OC1CC2CC3C4CCC(C4)C13C2. The van der Waals surface area contributed by atoms with Crippen molar-refractivity contribution in [2.75, 3.05) is 0 Å². The van der Waals surface area contributed by atoms with Crippen LogP contribution in [0.5, 0.6) is 0 Å². The summed E-state index contributed by atoms with van der Waals surface area (Å²) in [6.07, 6.45) is 8.47. The summed E-state index contributed by atoms with van der Waals surface area (Å²) in [5.74, 6) is 3.79. The molecule has 4 saturated carbocycles. The van der Waals surface area contributed by atoms with E-state index in [1.807, 2.05) is 0 Å². The molecule has 1 N–H and O–H groups in total. The highest BCUT2D eigenvalue weighted by Gasteiger charge is 2.68. The standard InChI is InChI=1S/C12H18O/c13-11-4-7-3-10-8-1-2-9(5-8)12(10,11)6-7/h7-11,13H,1-6H2. The lowest BCUT2D eigenvalue weighted by Crippen LogP contribution is -2.41. The Labute approximate surface area is 79.5 Å². The molecule has 1 nitrogen and oxygen atoms in total. The number of rotatable bonds is 0. The first-order chi connectivity index (χ1) is 6.30. The van der Waals surface area contributed by atoms with Crippen LogP contribution in [-0.4, -0.2) is 11.2 Å². The normalized spacial score (nSPS) is 67.6. The van der Waals surface area contributed by atoms with Crippen LogP contribution in [0.4, 0.5) is 0 Å². The largest absolute Gasteiger partial charge is 0.393 e. The van der Waals surface area contributed by atoms with E-state index in [0.29, 0.717) is 5.41 Å². The Morgan fingerprint density at radius 3 is 2.77 bits per heavy atom. The van der Waals surface area contributed by atoms with Crippen LogP contribution in [0.25, 0.3) is 0 Å². The van der Waals surface area contributed by atoms with Gasteiger partial charge in [-0.2, -0.15) is 0 Å². The Kier molecular flexibility index (Phi) is 1.11. The minimum absolute atomic E-state index is 0.0894. The van der Waals surface area contributed by atoms with Gasteiger partial charge in [0.25, 0.3) is 0 Å². The molecule has 0 aromatic rings. The van der Waals surface area contributed by atoms with Crippen molar-refractivity contribution in [3.8, 4) is 0 Å². The third kappa shape index (κ3) is 0.614. The predicted octanol–water partition coefficient (Wildman–Crippen LogP) is 2.19. The molecule has 0 radical (unpaired) electrons. The lowest BCUT2D eigenvalue weighted by Gasteiger charge is -2.42. The second kappa shape index (κ2) is 1.98. The van der Waals surface area contributed by atoms with Crippen molar-refractivity contribution in [1.29, 1.82) is 0 Å². The van der Waals surface area contributed by atoms with Crippen LogP contribution in [0.15, 0.2) is 0 Å². The lowest BCUT2D eigenvalue weighted by molar-refractivity contribution is -0.0344. The second-order valence-electron chi connectivity index (χ2n) is 6.05. The molecule has 0 aromatic heterocycles. The molecule has 4 aliphatic carbocycles. The quantitative estimate of drug-likeness (QED) is 0.603. The highest BCUT2D eigenvalue weighted by Crippen LogP contribution is 2.73. The van der Waals surface area contributed by atoms with Gasteiger partial charge in [-0.15, -0.1) is 0 Å². The Balaban J connectivity index is 1.85. The van der Waals surface area contributed by atoms with Crippen LogP contribution in [0.2, 0.25) is 0 Å². The number of aliphatic hydroxyl groups is 1. The molecule has 72 valence electrons. The van der Waals surface area contributed by atoms with Gasteiger partial charge in [0.2, 0.25) is 0 Å². The molecule has 1 spiro atoms. The molecule has 0 aromatic carbocycles. The van der Waals surface area contributed by atoms with E-state index in [4.69, 9.17) is 0 Å². The van der Waals surface area contributed by atoms with Crippen molar-refractivity contribution in [2.24, 2.45) is 29.1 Å². The van der Waals surface area contributed by atoms with Crippen molar-refractivity contribution < 1.29 is 5.11 Å². The molecule has 13 heavy (non-hydrogen) atoms. The zero-order valence-electron chi connectivity index (χ0n) is 8.08. The minimum atomic E-state index is 0.0894. The van der Waals surface area contributed by atoms with Crippen molar-refractivity contribution in [2.45, 2.75) is 44.6 Å². The summed E-state index contributed by atoms with van der Waals surface area (Å²) >= 11 is 0. The maximum Gasteiger partial charge on any atom is 0.0604 e. The summed E-state index contributed by atoms with van der Waals surface area (Å²) in [5.41, 5.74) is 0.452. The third-order valence-electron chi connectivity index (χ3n) is 5.90. The average Bonchev–Trinajstić information content (AvgIpc) is 2.76. The molecule has 0 aliphatic heterocycles. The van der Waals surface area contributed by atoms with Gasteiger partial charge in [0.15, 0.2) is 0 Å². The fourth-order valence-electron chi connectivity index (χ4n) is 5.65. The molecular weight excluding hydrogens is 160 g/mol. The van der Waals surface area contributed by atoms with Crippen LogP contribution in [0.1, 0.15) is 38.5 Å². The summed E-state index contributed by atoms with van der Waals surface area (Å²) < 4.78 is 0.